The van der Waals surface area contributed by atoms with Crippen molar-refractivity contribution in [3.05, 3.63) is 0 Å². The van der Waals surface area contributed by atoms with Gasteiger partial charge in [-0.15, -0.1) is 0 Å². The van der Waals surface area contributed by atoms with Crippen LogP contribution in [0.15, 0.2) is 0 Å². The molecule has 1 rings (SSSR count). The zero-order valence-corrected chi connectivity index (χ0v) is 9.18. The predicted octanol–water partition coefficient (Wildman–Crippen LogP) is 1.85. The number of piperidine rings is 1. The highest BCUT2D eigenvalue weighted by Crippen LogP contribution is 2.28. The number of Topliss-reactive ketones (excluding diaryl/α,β-unsaturated/α-hetero) is 1. The van der Waals surface area contributed by atoms with Gasteiger partial charge in [0.2, 0.25) is 0 Å². The lowest BCUT2D eigenvalue weighted by Gasteiger charge is -2.32. The molecule has 0 bridgehead atoms. The molecule has 2 nitrogen and oxygen atoms in total. The molecule has 1 heterocycles. The summed E-state index contributed by atoms with van der Waals surface area (Å²) >= 11 is 0. The van der Waals surface area contributed by atoms with Gasteiger partial charge in [-0.05, 0) is 25.4 Å². The van der Waals surface area contributed by atoms with Crippen molar-refractivity contribution in [3.8, 4) is 0 Å². The van der Waals surface area contributed by atoms with Gasteiger partial charge in [0.05, 0.1) is 0 Å². The van der Waals surface area contributed by atoms with E-state index in [1.165, 1.54) is 0 Å². The lowest BCUT2D eigenvalue weighted by molar-refractivity contribution is -0.132. The van der Waals surface area contributed by atoms with Crippen LogP contribution in [0.5, 0.6) is 0 Å². The van der Waals surface area contributed by atoms with Gasteiger partial charge in [-0.3, -0.25) is 4.79 Å². The van der Waals surface area contributed by atoms with Crippen LogP contribution in [0.1, 0.15) is 34.1 Å². The number of hydrogen-bond donors (Lipinski definition) is 1. The molecule has 13 heavy (non-hydrogen) atoms. The topological polar surface area (TPSA) is 29.1 Å². The zero-order valence-electron chi connectivity index (χ0n) is 9.18. The van der Waals surface area contributed by atoms with Crippen LogP contribution in [-0.4, -0.2) is 18.9 Å². The van der Waals surface area contributed by atoms with Crippen LogP contribution >= 0.6 is 0 Å². The molecule has 0 spiro atoms. The molecule has 0 amide bonds. The summed E-state index contributed by atoms with van der Waals surface area (Å²) in [6, 6.07) is 0. The minimum atomic E-state index is -0.170. The van der Waals surface area contributed by atoms with Crippen LogP contribution in [0.2, 0.25) is 0 Å². The van der Waals surface area contributed by atoms with E-state index in [0.29, 0.717) is 11.7 Å². The summed E-state index contributed by atoms with van der Waals surface area (Å²) < 4.78 is 0. The Labute approximate surface area is 81.1 Å². The Balaban J connectivity index is 2.64. The minimum absolute atomic E-state index is 0.170. The first-order valence-electron chi connectivity index (χ1n) is 5.18. The molecule has 0 aromatic rings. The minimum Gasteiger partial charge on any atom is -0.316 e. The van der Waals surface area contributed by atoms with Gasteiger partial charge in [0.25, 0.3) is 0 Å². The Morgan fingerprint density at radius 3 is 2.46 bits per heavy atom. The second kappa shape index (κ2) is 3.79. The number of nitrogens with one attached hydrogen (secondary N) is 1. The number of carbonyl (C=O) groups is 1. The van der Waals surface area contributed by atoms with Crippen LogP contribution in [-0.2, 0) is 4.79 Å². The molecule has 0 aromatic carbocycles. The quantitative estimate of drug-likeness (QED) is 0.672. The van der Waals surface area contributed by atoms with Gasteiger partial charge in [0.15, 0.2) is 0 Å². The van der Waals surface area contributed by atoms with Crippen molar-refractivity contribution in [1.82, 2.24) is 5.32 Å². The Morgan fingerprint density at radius 1 is 1.38 bits per heavy atom. The first kappa shape index (κ1) is 10.7. The molecule has 76 valence electrons. The third-order valence-corrected chi connectivity index (χ3v) is 2.86. The molecule has 0 saturated carbocycles. The van der Waals surface area contributed by atoms with Gasteiger partial charge >= 0.3 is 0 Å². The van der Waals surface area contributed by atoms with E-state index in [1.807, 2.05) is 20.8 Å². The molecule has 1 aliphatic heterocycles. The summed E-state index contributed by atoms with van der Waals surface area (Å²) in [4.78, 5) is 12.0. The van der Waals surface area contributed by atoms with E-state index in [4.69, 9.17) is 0 Å². The van der Waals surface area contributed by atoms with E-state index in [1.54, 1.807) is 0 Å². The maximum absolute atomic E-state index is 12.0. The molecule has 1 aliphatic rings. The molecule has 2 atom stereocenters. The maximum Gasteiger partial charge on any atom is 0.141 e. The highest BCUT2D eigenvalue weighted by atomic mass is 16.1. The summed E-state index contributed by atoms with van der Waals surface area (Å²) in [5, 5.41) is 3.32. The summed E-state index contributed by atoms with van der Waals surface area (Å²) in [6.45, 7) is 10.2. The normalized spacial score (nSPS) is 30.2. The smallest absolute Gasteiger partial charge is 0.141 e. The molecule has 1 saturated heterocycles. The molecule has 2 heteroatoms. The van der Waals surface area contributed by atoms with Gasteiger partial charge in [0, 0.05) is 11.3 Å². The van der Waals surface area contributed by atoms with Crippen LogP contribution in [0.4, 0.5) is 0 Å². The fourth-order valence-corrected chi connectivity index (χ4v) is 1.96. The fourth-order valence-electron chi connectivity index (χ4n) is 1.96. The second-order valence-corrected chi connectivity index (χ2v) is 5.19. The average Bonchev–Trinajstić information content (AvgIpc) is 2.02. The Kier molecular flexibility index (Phi) is 3.12. The van der Waals surface area contributed by atoms with E-state index >= 15 is 0 Å². The lowest BCUT2D eigenvalue weighted by Crippen LogP contribution is -2.42. The van der Waals surface area contributed by atoms with Gasteiger partial charge in [-0.1, -0.05) is 27.7 Å². The van der Waals surface area contributed by atoms with Crippen LogP contribution < -0.4 is 5.32 Å². The SMILES string of the molecule is CC1CNCCC1C(=O)C(C)(C)C. The highest BCUT2D eigenvalue weighted by molar-refractivity contribution is 5.86. The average molecular weight is 183 g/mol. The third-order valence-electron chi connectivity index (χ3n) is 2.86. The second-order valence-electron chi connectivity index (χ2n) is 5.19. The molecule has 0 aliphatic carbocycles. The molecule has 0 aromatic heterocycles. The Hall–Kier alpha value is -0.370. The number of rotatable bonds is 1. The molecule has 2 unspecified atom stereocenters. The van der Waals surface area contributed by atoms with E-state index in [9.17, 15) is 4.79 Å². The summed E-state index contributed by atoms with van der Waals surface area (Å²) in [5.41, 5.74) is -0.170. The van der Waals surface area contributed by atoms with Crippen molar-refractivity contribution in [3.63, 3.8) is 0 Å². The summed E-state index contributed by atoms with van der Waals surface area (Å²) in [5.74, 6) is 1.21. The molecular weight excluding hydrogens is 162 g/mol. The first-order chi connectivity index (χ1) is 5.93. The number of carbonyl (C=O) groups excluding carboxylic acids is 1. The van der Waals surface area contributed by atoms with Crippen LogP contribution in [0.25, 0.3) is 0 Å². The van der Waals surface area contributed by atoms with Crippen molar-refractivity contribution < 1.29 is 4.79 Å². The highest BCUT2D eigenvalue weighted by Gasteiger charge is 2.34. The standard InChI is InChI=1S/C11H21NO/c1-8-7-12-6-5-9(8)10(13)11(2,3)4/h8-9,12H,5-7H2,1-4H3. The Morgan fingerprint density at radius 2 is 2.00 bits per heavy atom. The van der Waals surface area contributed by atoms with Crippen LogP contribution in [0.3, 0.4) is 0 Å². The van der Waals surface area contributed by atoms with Gasteiger partial charge in [-0.25, -0.2) is 0 Å². The third kappa shape index (κ3) is 2.53. The Bertz CT molecular complexity index is 193. The van der Waals surface area contributed by atoms with Crippen molar-refractivity contribution in [1.29, 1.82) is 0 Å². The molecule has 1 fully saturated rings. The van der Waals surface area contributed by atoms with E-state index in [-0.39, 0.29) is 11.3 Å². The predicted molar refractivity (Wildman–Crippen MR) is 54.6 cm³/mol. The van der Waals surface area contributed by atoms with E-state index in [2.05, 4.69) is 12.2 Å². The largest absolute Gasteiger partial charge is 0.316 e. The van der Waals surface area contributed by atoms with Gasteiger partial charge < -0.3 is 5.32 Å². The molecule has 1 N–H and O–H groups in total. The fraction of sp³-hybridized carbons (Fsp3) is 0.909. The lowest BCUT2D eigenvalue weighted by atomic mass is 9.75. The monoisotopic (exact) mass is 183 g/mol. The van der Waals surface area contributed by atoms with Crippen molar-refractivity contribution >= 4 is 5.78 Å². The summed E-state index contributed by atoms with van der Waals surface area (Å²) in [6.07, 6.45) is 1.01. The van der Waals surface area contributed by atoms with E-state index < -0.39 is 0 Å². The molecular formula is C11H21NO. The zero-order chi connectivity index (χ0) is 10.1. The van der Waals surface area contributed by atoms with Gasteiger partial charge in [0.1, 0.15) is 5.78 Å². The van der Waals surface area contributed by atoms with Crippen molar-refractivity contribution in [2.24, 2.45) is 17.3 Å². The van der Waals surface area contributed by atoms with Crippen molar-refractivity contribution in [2.75, 3.05) is 13.1 Å². The summed E-state index contributed by atoms with van der Waals surface area (Å²) in [7, 11) is 0. The van der Waals surface area contributed by atoms with E-state index in [0.717, 1.165) is 19.5 Å². The number of ketones is 1. The van der Waals surface area contributed by atoms with Crippen molar-refractivity contribution in [2.45, 2.75) is 34.1 Å². The maximum atomic E-state index is 12.0. The van der Waals surface area contributed by atoms with Crippen LogP contribution in [0, 0.1) is 17.3 Å². The number of hydrogen-bond acceptors (Lipinski definition) is 2. The first-order valence-corrected chi connectivity index (χ1v) is 5.18. The van der Waals surface area contributed by atoms with Gasteiger partial charge in [-0.2, -0.15) is 0 Å². The molecule has 0 radical (unpaired) electrons.